The number of fused-ring (bicyclic) bond motifs is 3. The molecule has 0 spiro atoms. The summed E-state index contributed by atoms with van der Waals surface area (Å²) in [5.74, 6) is 5.40. The number of amides is 2. The Morgan fingerprint density at radius 1 is 0.977 bits per heavy atom. The van der Waals surface area contributed by atoms with Crippen LogP contribution in [0.2, 0.25) is 19.6 Å². The van der Waals surface area contributed by atoms with Crippen LogP contribution in [0.3, 0.4) is 0 Å². The number of carbonyl (C=O) groups is 2. The van der Waals surface area contributed by atoms with Gasteiger partial charge in [0.15, 0.2) is 0 Å². The number of aromatic amines is 1. The Balaban J connectivity index is 1.24. The summed E-state index contributed by atoms with van der Waals surface area (Å²) < 4.78 is 0. The van der Waals surface area contributed by atoms with E-state index in [-0.39, 0.29) is 29.4 Å². The minimum atomic E-state index is -1.74. The van der Waals surface area contributed by atoms with E-state index >= 15 is 0 Å². The summed E-state index contributed by atoms with van der Waals surface area (Å²) in [6.07, 6.45) is 11.4. The lowest BCUT2D eigenvalue weighted by Gasteiger charge is -2.56. The van der Waals surface area contributed by atoms with Crippen LogP contribution < -0.4 is 5.32 Å². The van der Waals surface area contributed by atoms with Crippen molar-refractivity contribution in [1.82, 2.24) is 15.2 Å². The van der Waals surface area contributed by atoms with Gasteiger partial charge in [-0.1, -0.05) is 69.7 Å². The molecule has 44 heavy (non-hydrogen) atoms. The number of hydrogen-bond acceptors (Lipinski definition) is 2. The maximum absolute atomic E-state index is 14.1. The van der Waals surface area contributed by atoms with Crippen LogP contribution >= 0.6 is 0 Å². The molecule has 8 rings (SSSR count). The molecule has 4 fully saturated rings. The van der Waals surface area contributed by atoms with E-state index in [1.807, 2.05) is 12.1 Å². The number of nitrogens with one attached hydrogen (secondary N) is 2. The van der Waals surface area contributed by atoms with Crippen molar-refractivity contribution in [2.45, 2.75) is 108 Å². The Kier molecular flexibility index (Phi) is 7.52. The maximum atomic E-state index is 14.1. The third-order valence-electron chi connectivity index (χ3n) is 10.8. The largest absolute Gasteiger partial charge is 0.356 e. The Morgan fingerprint density at radius 3 is 2.27 bits per heavy atom. The van der Waals surface area contributed by atoms with Crippen LogP contribution in [-0.2, 0) is 11.2 Å². The Hall–Kier alpha value is -3.30. The summed E-state index contributed by atoms with van der Waals surface area (Å²) in [6, 6.07) is 16.4. The lowest BCUT2D eigenvalue weighted by Crippen LogP contribution is -2.59. The smallest absolute Gasteiger partial charge is 0.298 e. The van der Waals surface area contributed by atoms with Crippen LogP contribution in [0, 0.1) is 29.2 Å². The fourth-order valence-electron chi connectivity index (χ4n) is 9.35. The molecule has 0 radical (unpaired) electrons. The second-order valence-corrected chi connectivity index (χ2v) is 20.2. The van der Waals surface area contributed by atoms with Gasteiger partial charge in [0.05, 0.1) is 6.04 Å². The van der Waals surface area contributed by atoms with Gasteiger partial charge in [-0.05, 0) is 104 Å². The van der Waals surface area contributed by atoms with Crippen LogP contribution in [0.5, 0.6) is 0 Å². The van der Waals surface area contributed by atoms with Gasteiger partial charge >= 0.3 is 0 Å². The number of hydrogen-bond donors (Lipinski definition) is 2. The van der Waals surface area contributed by atoms with Crippen molar-refractivity contribution in [2.24, 2.45) is 17.8 Å². The van der Waals surface area contributed by atoms with Gasteiger partial charge in [-0.25, -0.2) is 0 Å². The molecule has 4 saturated carbocycles. The minimum Gasteiger partial charge on any atom is -0.356 e. The minimum absolute atomic E-state index is 0.0160. The molecule has 2 atom stereocenters. The highest BCUT2D eigenvalue weighted by Crippen LogP contribution is 2.55. The lowest BCUT2D eigenvalue weighted by molar-refractivity contribution is -0.130. The van der Waals surface area contributed by atoms with Gasteiger partial charge in [0.25, 0.3) is 11.8 Å². The van der Waals surface area contributed by atoms with Crippen molar-refractivity contribution >= 4 is 30.8 Å². The van der Waals surface area contributed by atoms with E-state index in [4.69, 9.17) is 0 Å². The Bertz CT molecular complexity index is 1600. The molecule has 0 saturated heterocycles. The predicted octanol–water partition coefficient (Wildman–Crippen LogP) is 7.78. The zero-order chi connectivity index (χ0) is 30.6. The fraction of sp³-hybridized carbons (Fsp3) is 0.526. The number of carbonyl (C=O) groups excluding carboxylic acids is 2. The van der Waals surface area contributed by atoms with Gasteiger partial charge < -0.3 is 15.2 Å². The average molecular weight is 606 g/mol. The lowest BCUT2D eigenvalue weighted by atomic mass is 9.53. The molecule has 6 heteroatoms. The van der Waals surface area contributed by atoms with E-state index in [0.29, 0.717) is 5.56 Å². The first kappa shape index (κ1) is 29.4. The fourth-order valence-corrected chi connectivity index (χ4v) is 9.83. The number of benzene rings is 2. The van der Waals surface area contributed by atoms with E-state index in [0.717, 1.165) is 79.5 Å². The van der Waals surface area contributed by atoms with Crippen molar-refractivity contribution in [2.75, 3.05) is 0 Å². The summed E-state index contributed by atoms with van der Waals surface area (Å²) in [5.41, 5.74) is 8.53. The van der Waals surface area contributed by atoms with Crippen LogP contribution in [0.4, 0.5) is 0 Å². The van der Waals surface area contributed by atoms with Gasteiger partial charge in [0.2, 0.25) is 0 Å². The number of para-hydroxylation sites is 1. The molecule has 2 heterocycles. The van der Waals surface area contributed by atoms with E-state index < -0.39 is 8.07 Å². The molecular formula is C38H47N3O2Si. The van der Waals surface area contributed by atoms with Crippen LogP contribution in [0.25, 0.3) is 10.9 Å². The maximum Gasteiger partial charge on any atom is 0.298 e. The molecular weight excluding hydrogens is 559 g/mol. The van der Waals surface area contributed by atoms with Crippen molar-refractivity contribution in [3.63, 3.8) is 0 Å². The molecule has 5 nitrogen and oxygen atoms in total. The molecule has 0 unspecified atom stereocenters. The van der Waals surface area contributed by atoms with Gasteiger partial charge in [-0.2, -0.15) is 0 Å². The van der Waals surface area contributed by atoms with Crippen molar-refractivity contribution in [1.29, 1.82) is 0 Å². The molecule has 5 aliphatic rings. The van der Waals surface area contributed by atoms with E-state index in [2.05, 4.69) is 89.6 Å². The number of aromatic nitrogens is 1. The first-order chi connectivity index (χ1) is 21.1. The second kappa shape index (κ2) is 11.2. The third-order valence-corrected chi connectivity index (χ3v) is 11.7. The van der Waals surface area contributed by atoms with Crippen LogP contribution in [-0.4, -0.2) is 41.4 Å². The number of unbranched alkanes of at least 4 members (excludes halogenated alkanes) is 1. The predicted molar refractivity (Wildman–Crippen MR) is 180 cm³/mol. The highest BCUT2D eigenvalue weighted by atomic mass is 28.3. The zero-order valence-corrected chi connectivity index (χ0v) is 27.8. The van der Waals surface area contributed by atoms with Gasteiger partial charge in [0.1, 0.15) is 8.07 Å². The van der Waals surface area contributed by atoms with E-state index in [1.165, 1.54) is 30.2 Å². The highest BCUT2D eigenvalue weighted by molar-refractivity contribution is 6.84. The summed E-state index contributed by atoms with van der Waals surface area (Å²) >= 11 is 0. The SMILES string of the molecule is CCCC[C@H]1Cc2c([nH]c3ccccc23)[C@H](c2ccc(C(=O)NC34CC5CC(CC(C5)C3)C4)cc2)N1C(=O)C#C[Si](C)(C)C. The van der Waals surface area contributed by atoms with Crippen molar-refractivity contribution in [3.05, 3.63) is 70.9 Å². The van der Waals surface area contributed by atoms with E-state index in [9.17, 15) is 9.59 Å². The highest BCUT2D eigenvalue weighted by Gasteiger charge is 2.51. The number of H-pyrrole nitrogens is 1. The second-order valence-electron chi connectivity index (χ2n) is 15.5. The first-order valence-corrected chi connectivity index (χ1v) is 20.5. The molecule has 4 bridgehead atoms. The first-order valence-electron chi connectivity index (χ1n) is 17.0. The quantitative estimate of drug-likeness (QED) is 0.223. The summed E-state index contributed by atoms with van der Waals surface area (Å²) in [4.78, 5) is 33.5. The monoisotopic (exact) mass is 605 g/mol. The average Bonchev–Trinajstić information content (AvgIpc) is 3.35. The van der Waals surface area contributed by atoms with Gasteiger partial charge in [0, 0.05) is 33.7 Å². The summed E-state index contributed by atoms with van der Waals surface area (Å²) in [5, 5.41) is 4.77. The Labute approximate surface area is 263 Å². The zero-order valence-electron chi connectivity index (χ0n) is 26.8. The molecule has 230 valence electrons. The van der Waals surface area contributed by atoms with E-state index in [1.54, 1.807) is 0 Å². The molecule has 2 amide bonds. The normalized spacial score (nSPS) is 28.8. The number of nitrogens with zero attached hydrogens (tertiary/aromatic N) is 1. The number of rotatable bonds is 6. The van der Waals surface area contributed by atoms with Crippen LogP contribution in [0.15, 0.2) is 48.5 Å². The third kappa shape index (κ3) is 5.53. The molecule has 2 aromatic carbocycles. The molecule has 1 aliphatic heterocycles. The standard InChI is InChI=1S/C38H47N3O2Si/c1-5-6-9-30-21-32-31-10-7-8-11-33(31)39-35(32)36(41(30)34(42)16-17-44(2,3)4)28-12-14-29(15-13-28)37(43)40-38-22-25-18-26(23-38)20-27(19-25)24-38/h7-8,10-15,25-27,30,36,39H,5-6,9,18-24H2,1-4H3,(H,40,43)/t25?,26?,27?,30-,36-,38?/m0/s1. The van der Waals surface area contributed by atoms with Gasteiger partial charge in [-0.3, -0.25) is 9.59 Å². The summed E-state index contributed by atoms with van der Waals surface area (Å²) in [6.45, 7) is 8.75. The topological polar surface area (TPSA) is 65.2 Å². The van der Waals surface area contributed by atoms with Crippen LogP contribution in [0.1, 0.15) is 97.9 Å². The van der Waals surface area contributed by atoms with Crippen molar-refractivity contribution in [3.8, 4) is 11.5 Å². The molecule has 1 aromatic heterocycles. The van der Waals surface area contributed by atoms with Gasteiger partial charge in [-0.15, -0.1) is 5.54 Å². The van der Waals surface area contributed by atoms with Crippen molar-refractivity contribution < 1.29 is 9.59 Å². The molecule has 2 N–H and O–H groups in total. The molecule has 4 aliphatic carbocycles. The Morgan fingerprint density at radius 2 is 1.64 bits per heavy atom. The summed E-state index contributed by atoms with van der Waals surface area (Å²) in [7, 11) is -1.74. The molecule has 3 aromatic rings.